The summed E-state index contributed by atoms with van der Waals surface area (Å²) in [5.41, 5.74) is -0.141. The minimum Gasteiger partial charge on any atom is -0.383 e. The van der Waals surface area contributed by atoms with Crippen molar-refractivity contribution in [3.63, 3.8) is 0 Å². The molecule has 1 unspecified atom stereocenters. The Labute approximate surface area is 108 Å². The summed E-state index contributed by atoms with van der Waals surface area (Å²) in [6.07, 6.45) is -2.77. The fraction of sp³-hybridized carbons (Fsp3) is 0.400. The molecule has 0 saturated carbocycles. The second-order valence-electron chi connectivity index (χ2n) is 3.40. The summed E-state index contributed by atoms with van der Waals surface area (Å²) >= 11 is 3.07. The Hall–Kier alpha value is -0.560. The third-order valence-electron chi connectivity index (χ3n) is 2.00. The summed E-state index contributed by atoms with van der Waals surface area (Å²) in [7, 11) is -0.922. The maximum absolute atomic E-state index is 12.4. The minimum absolute atomic E-state index is 0.342. The lowest BCUT2D eigenvalue weighted by Gasteiger charge is -2.11. The van der Waals surface area contributed by atoms with Gasteiger partial charge >= 0.3 is 6.18 Å². The van der Waals surface area contributed by atoms with Gasteiger partial charge in [0.05, 0.1) is 5.56 Å². The van der Waals surface area contributed by atoms with E-state index in [0.717, 1.165) is 12.1 Å². The van der Waals surface area contributed by atoms with Crippen LogP contribution in [0.5, 0.6) is 0 Å². The summed E-state index contributed by atoms with van der Waals surface area (Å²) in [6, 6.07) is 3.38. The average Bonchev–Trinajstić information content (AvgIpc) is 2.18. The predicted octanol–water partition coefficient (Wildman–Crippen LogP) is 3.26. The molecule has 96 valence electrons. The van der Waals surface area contributed by atoms with Crippen molar-refractivity contribution in [1.29, 1.82) is 0 Å². The molecular formula is C10H11BrF3NOS. The average molecular weight is 330 g/mol. The van der Waals surface area contributed by atoms with Crippen LogP contribution in [0.1, 0.15) is 5.56 Å². The van der Waals surface area contributed by atoms with Gasteiger partial charge in [-0.25, -0.2) is 0 Å². The minimum atomic E-state index is -4.34. The van der Waals surface area contributed by atoms with E-state index in [-0.39, 0.29) is 0 Å². The number of hydrogen-bond acceptors (Lipinski definition) is 2. The zero-order valence-corrected chi connectivity index (χ0v) is 11.4. The molecule has 0 aliphatic carbocycles. The van der Waals surface area contributed by atoms with E-state index in [0.29, 0.717) is 22.5 Å². The molecule has 0 aromatic heterocycles. The highest BCUT2D eigenvalue weighted by atomic mass is 79.9. The molecule has 0 radical (unpaired) electrons. The van der Waals surface area contributed by atoms with E-state index in [2.05, 4.69) is 21.2 Å². The molecule has 0 fully saturated rings. The van der Waals surface area contributed by atoms with Crippen LogP contribution in [-0.2, 0) is 17.0 Å². The Morgan fingerprint density at radius 3 is 2.53 bits per heavy atom. The molecule has 0 aliphatic rings. The van der Waals surface area contributed by atoms with Gasteiger partial charge < -0.3 is 5.32 Å². The van der Waals surface area contributed by atoms with Crippen LogP contribution in [0.2, 0.25) is 0 Å². The highest BCUT2D eigenvalue weighted by molar-refractivity contribution is 9.10. The van der Waals surface area contributed by atoms with Crippen molar-refractivity contribution in [1.82, 2.24) is 0 Å². The Morgan fingerprint density at radius 2 is 2.06 bits per heavy atom. The highest BCUT2D eigenvalue weighted by Gasteiger charge is 2.30. The van der Waals surface area contributed by atoms with Crippen molar-refractivity contribution in [2.75, 3.05) is 23.9 Å². The van der Waals surface area contributed by atoms with E-state index >= 15 is 0 Å². The first-order valence-corrected chi connectivity index (χ1v) is 7.23. The topological polar surface area (TPSA) is 29.1 Å². The van der Waals surface area contributed by atoms with Crippen molar-refractivity contribution < 1.29 is 17.4 Å². The first-order valence-electron chi connectivity index (χ1n) is 4.71. The van der Waals surface area contributed by atoms with Crippen LogP contribution < -0.4 is 5.32 Å². The zero-order chi connectivity index (χ0) is 13.1. The molecular weight excluding hydrogens is 319 g/mol. The smallest absolute Gasteiger partial charge is 0.383 e. The van der Waals surface area contributed by atoms with Crippen LogP contribution >= 0.6 is 15.9 Å². The molecule has 0 heterocycles. The summed E-state index contributed by atoms with van der Waals surface area (Å²) in [5.74, 6) is 0.452. The van der Waals surface area contributed by atoms with Gasteiger partial charge in [-0.1, -0.05) is 0 Å². The lowest BCUT2D eigenvalue weighted by molar-refractivity contribution is -0.137. The van der Waals surface area contributed by atoms with Crippen molar-refractivity contribution in [2.24, 2.45) is 0 Å². The van der Waals surface area contributed by atoms with Gasteiger partial charge in [0, 0.05) is 39.5 Å². The zero-order valence-electron chi connectivity index (χ0n) is 8.97. The van der Waals surface area contributed by atoms with Gasteiger partial charge in [0.2, 0.25) is 0 Å². The van der Waals surface area contributed by atoms with Gasteiger partial charge in [-0.3, -0.25) is 4.21 Å². The van der Waals surface area contributed by atoms with Crippen LogP contribution in [0.15, 0.2) is 22.7 Å². The van der Waals surface area contributed by atoms with Gasteiger partial charge in [-0.05, 0) is 34.1 Å². The Kier molecular flexibility index (Phi) is 5.00. The van der Waals surface area contributed by atoms with E-state index < -0.39 is 22.5 Å². The van der Waals surface area contributed by atoms with E-state index in [9.17, 15) is 17.4 Å². The van der Waals surface area contributed by atoms with Crippen molar-refractivity contribution in [3.05, 3.63) is 28.2 Å². The third-order valence-corrected chi connectivity index (χ3v) is 3.44. The SMILES string of the molecule is CS(=O)CCNc1ccc(C(F)(F)F)cc1Br. The Bertz CT molecular complexity index is 423. The molecule has 7 heteroatoms. The number of nitrogens with one attached hydrogen (secondary N) is 1. The maximum Gasteiger partial charge on any atom is 0.416 e. The molecule has 1 rings (SSSR count). The van der Waals surface area contributed by atoms with Crippen LogP contribution in [0, 0.1) is 0 Å². The quantitative estimate of drug-likeness (QED) is 0.918. The molecule has 1 N–H and O–H groups in total. The summed E-state index contributed by atoms with van der Waals surface area (Å²) in [6.45, 7) is 0.451. The van der Waals surface area contributed by atoms with Crippen molar-refractivity contribution >= 4 is 32.4 Å². The number of rotatable bonds is 4. The van der Waals surface area contributed by atoms with Crippen molar-refractivity contribution in [2.45, 2.75) is 6.18 Å². The molecule has 0 amide bonds. The van der Waals surface area contributed by atoms with E-state index in [1.165, 1.54) is 6.07 Å². The fourth-order valence-electron chi connectivity index (χ4n) is 1.16. The monoisotopic (exact) mass is 329 g/mol. The molecule has 0 saturated heterocycles. The standard InChI is InChI=1S/C10H11BrF3NOS/c1-17(16)5-4-15-9-3-2-7(6-8(9)11)10(12,13)14/h2-3,6,15H,4-5H2,1H3. The van der Waals surface area contributed by atoms with Gasteiger partial charge in [-0.15, -0.1) is 0 Å². The number of anilines is 1. The van der Waals surface area contributed by atoms with Crippen LogP contribution in [0.3, 0.4) is 0 Å². The van der Waals surface area contributed by atoms with Gasteiger partial charge in [0.15, 0.2) is 0 Å². The first-order chi connectivity index (χ1) is 7.80. The summed E-state index contributed by atoms with van der Waals surface area (Å²) < 4.78 is 48.3. The molecule has 2 nitrogen and oxygen atoms in total. The maximum atomic E-state index is 12.4. The normalized spacial score (nSPS) is 13.5. The fourth-order valence-corrected chi connectivity index (χ4v) is 2.07. The highest BCUT2D eigenvalue weighted by Crippen LogP contribution is 2.33. The van der Waals surface area contributed by atoms with E-state index in [1.807, 2.05) is 0 Å². The molecule has 1 aromatic rings. The van der Waals surface area contributed by atoms with Gasteiger partial charge in [0.1, 0.15) is 0 Å². The molecule has 17 heavy (non-hydrogen) atoms. The van der Waals surface area contributed by atoms with Gasteiger partial charge in [-0.2, -0.15) is 13.2 Å². The second kappa shape index (κ2) is 5.86. The molecule has 1 aromatic carbocycles. The van der Waals surface area contributed by atoms with Crippen molar-refractivity contribution in [3.8, 4) is 0 Å². The molecule has 0 spiro atoms. The largest absolute Gasteiger partial charge is 0.416 e. The van der Waals surface area contributed by atoms with Crippen LogP contribution in [0.25, 0.3) is 0 Å². The summed E-state index contributed by atoms with van der Waals surface area (Å²) in [5, 5.41) is 2.92. The Balaban J connectivity index is 2.73. The van der Waals surface area contributed by atoms with Crippen LogP contribution in [-0.4, -0.2) is 22.8 Å². The molecule has 1 atom stereocenters. The Morgan fingerprint density at radius 1 is 1.41 bits per heavy atom. The number of benzene rings is 1. The lowest BCUT2D eigenvalue weighted by Crippen LogP contribution is -2.11. The second-order valence-corrected chi connectivity index (χ2v) is 5.81. The lowest BCUT2D eigenvalue weighted by atomic mass is 10.2. The van der Waals surface area contributed by atoms with E-state index in [4.69, 9.17) is 0 Å². The van der Waals surface area contributed by atoms with Gasteiger partial charge in [0.25, 0.3) is 0 Å². The number of hydrogen-bond donors (Lipinski definition) is 1. The number of alkyl halides is 3. The molecule has 0 bridgehead atoms. The number of halogens is 4. The third kappa shape index (κ3) is 4.67. The predicted molar refractivity (Wildman–Crippen MR) is 66.6 cm³/mol. The van der Waals surface area contributed by atoms with Crippen LogP contribution in [0.4, 0.5) is 18.9 Å². The first kappa shape index (κ1) is 14.5. The summed E-state index contributed by atoms with van der Waals surface area (Å²) in [4.78, 5) is 0. The molecule has 0 aliphatic heterocycles. The van der Waals surface area contributed by atoms with E-state index in [1.54, 1.807) is 6.26 Å².